The predicted octanol–water partition coefficient (Wildman–Crippen LogP) is 0.736. The minimum Gasteiger partial charge on any atom is -0.468 e. The van der Waals surface area contributed by atoms with Crippen molar-refractivity contribution in [3.05, 3.63) is 30.1 Å². The van der Waals surface area contributed by atoms with Gasteiger partial charge in [-0.25, -0.2) is 4.98 Å². The lowest BCUT2D eigenvalue weighted by molar-refractivity contribution is -0.142. The summed E-state index contributed by atoms with van der Waals surface area (Å²) in [5, 5.41) is 0.843. The van der Waals surface area contributed by atoms with Gasteiger partial charge in [0, 0.05) is 23.3 Å². The van der Waals surface area contributed by atoms with E-state index in [0.29, 0.717) is 11.2 Å². The summed E-state index contributed by atoms with van der Waals surface area (Å²) < 4.78 is 4.59. The van der Waals surface area contributed by atoms with Gasteiger partial charge in [-0.05, 0) is 12.1 Å². The number of rotatable bonds is 2. The number of aromatic amines is 1. The molecule has 2 aromatic heterocycles. The van der Waals surface area contributed by atoms with E-state index in [9.17, 15) is 4.79 Å². The average Bonchev–Trinajstić information content (AvgIpc) is 2.70. The fourth-order valence-corrected chi connectivity index (χ4v) is 1.49. The number of fused-ring (bicyclic) bond motifs is 1. The Balaban J connectivity index is 2.48. The first kappa shape index (κ1) is 9.67. The third kappa shape index (κ3) is 1.57. The summed E-state index contributed by atoms with van der Waals surface area (Å²) in [5.41, 5.74) is 7.15. The SMILES string of the molecule is COC(=O)C(N)c1c[nH]c2ncccc12. The molecule has 0 aliphatic rings. The number of methoxy groups -OCH3 is 1. The zero-order valence-corrected chi connectivity index (χ0v) is 8.23. The first-order chi connectivity index (χ1) is 7.24. The van der Waals surface area contributed by atoms with Crippen molar-refractivity contribution in [2.45, 2.75) is 6.04 Å². The van der Waals surface area contributed by atoms with E-state index in [0.717, 1.165) is 5.39 Å². The van der Waals surface area contributed by atoms with Gasteiger partial charge in [-0.3, -0.25) is 4.79 Å². The zero-order chi connectivity index (χ0) is 10.8. The van der Waals surface area contributed by atoms with E-state index in [1.807, 2.05) is 6.07 Å². The Kier molecular flexibility index (Phi) is 2.39. The summed E-state index contributed by atoms with van der Waals surface area (Å²) in [4.78, 5) is 18.3. The highest BCUT2D eigenvalue weighted by molar-refractivity contribution is 5.87. The molecule has 0 radical (unpaired) electrons. The molecule has 5 nitrogen and oxygen atoms in total. The van der Waals surface area contributed by atoms with Gasteiger partial charge in [-0.15, -0.1) is 0 Å². The first-order valence-electron chi connectivity index (χ1n) is 4.49. The van der Waals surface area contributed by atoms with E-state index >= 15 is 0 Å². The second-order valence-corrected chi connectivity index (χ2v) is 3.14. The van der Waals surface area contributed by atoms with Crippen LogP contribution in [-0.4, -0.2) is 23.0 Å². The maximum Gasteiger partial charge on any atom is 0.327 e. The van der Waals surface area contributed by atoms with Crippen molar-refractivity contribution >= 4 is 17.0 Å². The number of aromatic nitrogens is 2. The van der Waals surface area contributed by atoms with Gasteiger partial charge in [0.25, 0.3) is 0 Å². The van der Waals surface area contributed by atoms with E-state index in [1.54, 1.807) is 18.5 Å². The zero-order valence-electron chi connectivity index (χ0n) is 8.23. The van der Waals surface area contributed by atoms with Crippen LogP contribution in [0.15, 0.2) is 24.5 Å². The van der Waals surface area contributed by atoms with Crippen LogP contribution in [0.2, 0.25) is 0 Å². The molecule has 2 rings (SSSR count). The standard InChI is InChI=1S/C10H11N3O2/c1-15-10(14)8(11)7-5-13-9-6(7)3-2-4-12-9/h2-5,8H,11H2,1H3,(H,12,13). The number of nitrogens with zero attached hydrogens (tertiary/aromatic N) is 1. The molecule has 0 spiro atoms. The number of carbonyl (C=O) groups excluding carboxylic acids is 1. The summed E-state index contributed by atoms with van der Waals surface area (Å²) in [6.07, 6.45) is 3.35. The Morgan fingerprint density at radius 3 is 3.20 bits per heavy atom. The fourth-order valence-electron chi connectivity index (χ4n) is 1.49. The lowest BCUT2D eigenvalue weighted by atomic mass is 10.1. The van der Waals surface area contributed by atoms with Gasteiger partial charge in [-0.1, -0.05) is 0 Å². The number of H-pyrrole nitrogens is 1. The summed E-state index contributed by atoms with van der Waals surface area (Å²) >= 11 is 0. The summed E-state index contributed by atoms with van der Waals surface area (Å²) in [7, 11) is 1.31. The number of carbonyl (C=O) groups is 1. The van der Waals surface area contributed by atoms with Crippen LogP contribution in [0, 0.1) is 0 Å². The molecule has 78 valence electrons. The number of hydrogen-bond donors (Lipinski definition) is 2. The van der Waals surface area contributed by atoms with Crippen LogP contribution in [0.4, 0.5) is 0 Å². The molecule has 0 aliphatic heterocycles. The van der Waals surface area contributed by atoms with Gasteiger partial charge in [0.05, 0.1) is 7.11 Å². The summed E-state index contributed by atoms with van der Waals surface area (Å²) in [5.74, 6) is -0.459. The van der Waals surface area contributed by atoms with Crippen molar-refractivity contribution in [1.29, 1.82) is 0 Å². The number of nitrogens with one attached hydrogen (secondary N) is 1. The third-order valence-electron chi connectivity index (χ3n) is 2.27. The molecule has 15 heavy (non-hydrogen) atoms. The van der Waals surface area contributed by atoms with Crippen molar-refractivity contribution in [3.8, 4) is 0 Å². The number of pyridine rings is 1. The van der Waals surface area contributed by atoms with Crippen LogP contribution in [0.3, 0.4) is 0 Å². The van der Waals surface area contributed by atoms with Crippen LogP contribution >= 0.6 is 0 Å². The number of nitrogens with two attached hydrogens (primary N) is 1. The molecule has 0 fully saturated rings. The van der Waals surface area contributed by atoms with Gasteiger partial charge < -0.3 is 15.5 Å². The summed E-state index contributed by atoms with van der Waals surface area (Å²) in [6, 6.07) is 2.88. The predicted molar refractivity (Wildman–Crippen MR) is 55.0 cm³/mol. The lowest BCUT2D eigenvalue weighted by Gasteiger charge is -2.07. The Hall–Kier alpha value is -1.88. The maximum atomic E-state index is 11.3. The van der Waals surface area contributed by atoms with Crippen LogP contribution in [-0.2, 0) is 9.53 Å². The van der Waals surface area contributed by atoms with E-state index in [-0.39, 0.29) is 0 Å². The lowest BCUT2D eigenvalue weighted by Crippen LogP contribution is -2.22. The molecular formula is C10H11N3O2. The highest BCUT2D eigenvalue weighted by Crippen LogP contribution is 2.21. The second-order valence-electron chi connectivity index (χ2n) is 3.14. The molecule has 5 heteroatoms. The van der Waals surface area contributed by atoms with Gasteiger partial charge in [-0.2, -0.15) is 0 Å². The highest BCUT2D eigenvalue weighted by atomic mass is 16.5. The molecule has 3 N–H and O–H groups in total. The van der Waals surface area contributed by atoms with Crippen molar-refractivity contribution < 1.29 is 9.53 Å². The second kappa shape index (κ2) is 3.70. The molecule has 0 aromatic carbocycles. The fraction of sp³-hybridized carbons (Fsp3) is 0.200. The molecule has 0 amide bonds. The van der Waals surface area contributed by atoms with Crippen molar-refractivity contribution in [3.63, 3.8) is 0 Å². The first-order valence-corrected chi connectivity index (χ1v) is 4.49. The van der Waals surface area contributed by atoms with E-state index in [2.05, 4.69) is 14.7 Å². The van der Waals surface area contributed by atoms with Crippen LogP contribution in [0.1, 0.15) is 11.6 Å². The van der Waals surface area contributed by atoms with Gasteiger partial charge >= 0.3 is 5.97 Å². The molecule has 0 aliphatic carbocycles. The van der Waals surface area contributed by atoms with Crippen LogP contribution in [0.25, 0.3) is 11.0 Å². The Morgan fingerprint density at radius 1 is 1.67 bits per heavy atom. The largest absolute Gasteiger partial charge is 0.468 e. The smallest absolute Gasteiger partial charge is 0.327 e. The number of esters is 1. The molecule has 2 heterocycles. The minimum atomic E-state index is -0.770. The van der Waals surface area contributed by atoms with E-state index in [4.69, 9.17) is 5.73 Å². The number of ether oxygens (including phenoxy) is 1. The number of hydrogen-bond acceptors (Lipinski definition) is 4. The summed E-state index contributed by atoms with van der Waals surface area (Å²) in [6.45, 7) is 0. The molecular weight excluding hydrogens is 194 g/mol. The maximum absolute atomic E-state index is 11.3. The van der Waals surface area contributed by atoms with Crippen LogP contribution in [0.5, 0.6) is 0 Å². The molecule has 1 atom stereocenters. The van der Waals surface area contributed by atoms with E-state index in [1.165, 1.54) is 7.11 Å². The van der Waals surface area contributed by atoms with Gasteiger partial charge in [0.15, 0.2) is 0 Å². The Bertz CT molecular complexity index is 492. The molecule has 0 saturated heterocycles. The Labute approximate surface area is 86.3 Å². The van der Waals surface area contributed by atoms with Gasteiger partial charge in [0.1, 0.15) is 11.7 Å². The van der Waals surface area contributed by atoms with Crippen LogP contribution < -0.4 is 5.73 Å². The Morgan fingerprint density at radius 2 is 2.47 bits per heavy atom. The highest BCUT2D eigenvalue weighted by Gasteiger charge is 2.19. The molecule has 2 aromatic rings. The molecule has 1 unspecified atom stereocenters. The van der Waals surface area contributed by atoms with E-state index < -0.39 is 12.0 Å². The molecule has 0 saturated carbocycles. The monoisotopic (exact) mass is 205 g/mol. The average molecular weight is 205 g/mol. The quantitative estimate of drug-likeness (QED) is 0.708. The van der Waals surface area contributed by atoms with Crippen molar-refractivity contribution in [2.24, 2.45) is 5.73 Å². The van der Waals surface area contributed by atoms with Crippen molar-refractivity contribution in [1.82, 2.24) is 9.97 Å². The minimum absolute atomic E-state index is 0.459. The normalized spacial score (nSPS) is 12.7. The molecule has 0 bridgehead atoms. The topological polar surface area (TPSA) is 81.0 Å². The van der Waals surface area contributed by atoms with Crippen molar-refractivity contribution in [2.75, 3.05) is 7.11 Å². The third-order valence-corrected chi connectivity index (χ3v) is 2.27. The van der Waals surface area contributed by atoms with Gasteiger partial charge in [0.2, 0.25) is 0 Å².